The van der Waals surface area contributed by atoms with Gasteiger partial charge < -0.3 is 4.74 Å². The smallest absolute Gasteiger partial charge is 0.363 e. The molecule has 0 aliphatic carbocycles. The zero-order valence-corrected chi connectivity index (χ0v) is 12.0. The Bertz CT molecular complexity index is 929. The summed E-state index contributed by atoms with van der Waals surface area (Å²) in [5, 5.41) is 4.47. The maximum Gasteiger partial charge on any atom is 0.363 e. The molecule has 106 valence electrons. The van der Waals surface area contributed by atoms with E-state index < -0.39 is 5.97 Å². The second kappa shape index (κ2) is 4.81. The molecular formula is C19H13NO2. The highest BCUT2D eigenvalue weighted by atomic mass is 16.6. The van der Waals surface area contributed by atoms with Gasteiger partial charge in [0.15, 0.2) is 11.6 Å². The number of nitrogens with zero attached hydrogens (tertiary/aromatic N) is 1. The number of fused-ring (bicyclic) bond motifs is 2. The first kappa shape index (κ1) is 12.8. The number of hydrogen-bond donors (Lipinski definition) is 0. The van der Waals surface area contributed by atoms with Crippen LogP contribution in [-0.4, -0.2) is 11.9 Å². The summed E-state index contributed by atoms with van der Waals surface area (Å²) in [6, 6.07) is 18.5. The number of carbonyl (C=O) groups excluding carboxylic acids is 1. The van der Waals surface area contributed by atoms with E-state index in [4.69, 9.17) is 4.74 Å². The van der Waals surface area contributed by atoms with E-state index in [0.29, 0.717) is 11.6 Å². The van der Waals surface area contributed by atoms with E-state index in [1.807, 2.05) is 30.3 Å². The van der Waals surface area contributed by atoms with Crippen molar-refractivity contribution in [2.24, 2.45) is 4.99 Å². The van der Waals surface area contributed by atoms with E-state index in [1.54, 1.807) is 6.92 Å². The first-order valence-corrected chi connectivity index (χ1v) is 7.12. The van der Waals surface area contributed by atoms with Crippen molar-refractivity contribution < 1.29 is 9.53 Å². The average molecular weight is 287 g/mol. The Morgan fingerprint density at radius 1 is 0.955 bits per heavy atom. The van der Waals surface area contributed by atoms with E-state index in [9.17, 15) is 4.79 Å². The van der Waals surface area contributed by atoms with Crippen molar-refractivity contribution in [1.82, 2.24) is 0 Å². The van der Waals surface area contributed by atoms with Gasteiger partial charge in [0.2, 0.25) is 0 Å². The van der Waals surface area contributed by atoms with E-state index >= 15 is 0 Å². The van der Waals surface area contributed by atoms with Crippen LogP contribution in [0.2, 0.25) is 0 Å². The van der Waals surface area contributed by atoms with Crippen molar-refractivity contribution >= 4 is 39.5 Å². The molecule has 0 amide bonds. The number of ether oxygens (including phenoxy) is 1. The van der Waals surface area contributed by atoms with Gasteiger partial charge in [-0.25, -0.2) is 9.79 Å². The molecule has 3 heteroatoms. The Morgan fingerprint density at radius 3 is 2.09 bits per heavy atom. The molecule has 0 fully saturated rings. The van der Waals surface area contributed by atoms with Gasteiger partial charge in [-0.3, -0.25) is 0 Å². The van der Waals surface area contributed by atoms with Gasteiger partial charge in [0.05, 0.1) is 0 Å². The highest BCUT2D eigenvalue weighted by Crippen LogP contribution is 2.31. The fourth-order valence-corrected chi connectivity index (χ4v) is 2.86. The average Bonchev–Trinajstić information content (AvgIpc) is 2.84. The number of esters is 1. The lowest BCUT2D eigenvalue weighted by molar-refractivity contribution is -0.130. The molecule has 0 aromatic heterocycles. The molecule has 1 aliphatic rings. The molecule has 0 atom stereocenters. The summed E-state index contributed by atoms with van der Waals surface area (Å²) in [5.74, 6) is -0.00434. The Kier molecular flexibility index (Phi) is 2.79. The molecule has 1 aliphatic heterocycles. The van der Waals surface area contributed by atoms with E-state index in [-0.39, 0.29) is 0 Å². The van der Waals surface area contributed by atoms with Crippen LogP contribution in [0.25, 0.3) is 27.6 Å². The van der Waals surface area contributed by atoms with Gasteiger partial charge in [0, 0.05) is 6.92 Å². The molecule has 0 bridgehead atoms. The van der Waals surface area contributed by atoms with Crippen LogP contribution < -0.4 is 0 Å². The summed E-state index contributed by atoms with van der Waals surface area (Å²) < 4.78 is 5.01. The summed E-state index contributed by atoms with van der Waals surface area (Å²) in [5.41, 5.74) is 1.35. The predicted octanol–water partition coefficient (Wildman–Crippen LogP) is 4.31. The molecule has 0 unspecified atom stereocenters. The Hall–Kier alpha value is -2.94. The SMILES string of the molecule is CC1=N/C(=C\c2c3ccccc3cc3ccccc23)C(=O)O1. The minimum Gasteiger partial charge on any atom is -0.407 e. The number of hydrogen-bond acceptors (Lipinski definition) is 3. The quantitative estimate of drug-likeness (QED) is 0.380. The second-order valence-corrected chi connectivity index (χ2v) is 5.28. The molecule has 0 saturated heterocycles. The molecule has 0 N–H and O–H groups in total. The minimum absolute atomic E-state index is 0.346. The molecule has 3 aromatic rings. The highest BCUT2D eigenvalue weighted by Gasteiger charge is 2.20. The normalized spacial score (nSPS) is 16.3. The van der Waals surface area contributed by atoms with Crippen molar-refractivity contribution in [3.05, 3.63) is 65.9 Å². The predicted molar refractivity (Wildman–Crippen MR) is 88.6 cm³/mol. The van der Waals surface area contributed by atoms with Crippen LogP contribution in [0.15, 0.2) is 65.3 Å². The van der Waals surface area contributed by atoms with Gasteiger partial charge in [0.1, 0.15) is 0 Å². The zero-order valence-electron chi connectivity index (χ0n) is 12.0. The molecule has 22 heavy (non-hydrogen) atoms. The summed E-state index contributed by atoms with van der Waals surface area (Å²) in [6.07, 6.45) is 1.82. The van der Waals surface area contributed by atoms with Gasteiger partial charge in [-0.05, 0) is 39.3 Å². The van der Waals surface area contributed by atoms with Crippen LogP contribution in [0.3, 0.4) is 0 Å². The third-order valence-electron chi connectivity index (χ3n) is 3.82. The summed E-state index contributed by atoms with van der Waals surface area (Å²) in [4.78, 5) is 16.0. The Labute approximate surface area is 127 Å². The van der Waals surface area contributed by atoms with Crippen LogP contribution in [0, 0.1) is 0 Å². The third kappa shape index (κ3) is 1.99. The largest absolute Gasteiger partial charge is 0.407 e. The van der Waals surface area contributed by atoms with Crippen LogP contribution in [-0.2, 0) is 9.53 Å². The van der Waals surface area contributed by atoms with Crippen molar-refractivity contribution in [1.29, 1.82) is 0 Å². The van der Waals surface area contributed by atoms with Gasteiger partial charge in [0.25, 0.3) is 0 Å². The Balaban J connectivity index is 2.09. The van der Waals surface area contributed by atoms with Crippen LogP contribution in [0.1, 0.15) is 12.5 Å². The van der Waals surface area contributed by atoms with Crippen molar-refractivity contribution in [3.8, 4) is 0 Å². The van der Waals surface area contributed by atoms with E-state index in [2.05, 4.69) is 35.3 Å². The fraction of sp³-hybridized carbons (Fsp3) is 0.0526. The van der Waals surface area contributed by atoms with Crippen molar-refractivity contribution in [2.45, 2.75) is 6.92 Å². The van der Waals surface area contributed by atoms with E-state index in [1.165, 1.54) is 0 Å². The van der Waals surface area contributed by atoms with Crippen molar-refractivity contribution in [2.75, 3.05) is 0 Å². The highest BCUT2D eigenvalue weighted by molar-refractivity contribution is 6.12. The number of benzene rings is 3. The van der Waals surface area contributed by atoms with Gasteiger partial charge in [-0.15, -0.1) is 0 Å². The van der Waals surface area contributed by atoms with Crippen molar-refractivity contribution in [3.63, 3.8) is 0 Å². The first-order valence-electron chi connectivity index (χ1n) is 7.12. The lowest BCUT2D eigenvalue weighted by Crippen LogP contribution is -2.00. The summed E-state index contributed by atoms with van der Waals surface area (Å²) >= 11 is 0. The Morgan fingerprint density at radius 2 is 1.55 bits per heavy atom. The third-order valence-corrected chi connectivity index (χ3v) is 3.82. The molecule has 3 aromatic carbocycles. The van der Waals surface area contributed by atoms with Crippen LogP contribution >= 0.6 is 0 Å². The molecule has 1 heterocycles. The molecule has 0 radical (unpaired) electrons. The van der Waals surface area contributed by atoms with Gasteiger partial charge in [-0.2, -0.15) is 0 Å². The van der Waals surface area contributed by atoms with Crippen LogP contribution in [0.4, 0.5) is 0 Å². The number of carbonyl (C=O) groups is 1. The zero-order chi connectivity index (χ0) is 15.1. The summed E-state index contributed by atoms with van der Waals surface area (Å²) in [7, 11) is 0. The van der Waals surface area contributed by atoms with Gasteiger partial charge >= 0.3 is 5.97 Å². The number of cyclic esters (lactones) is 1. The maximum atomic E-state index is 11.9. The first-order chi connectivity index (χ1) is 10.7. The minimum atomic E-state index is -0.394. The van der Waals surface area contributed by atoms with Crippen LogP contribution in [0.5, 0.6) is 0 Å². The molecular weight excluding hydrogens is 274 g/mol. The fourth-order valence-electron chi connectivity index (χ4n) is 2.86. The standard InChI is InChI=1S/C19H13NO2/c1-12-20-18(19(21)22-12)11-17-15-8-4-2-6-13(15)10-14-7-3-5-9-16(14)17/h2-11H,1H3/b18-11-. The number of rotatable bonds is 1. The molecule has 3 nitrogen and oxygen atoms in total. The second-order valence-electron chi connectivity index (χ2n) is 5.28. The molecule has 4 rings (SSSR count). The topological polar surface area (TPSA) is 38.7 Å². The van der Waals surface area contributed by atoms with E-state index in [0.717, 1.165) is 27.1 Å². The molecule has 0 saturated carbocycles. The maximum absolute atomic E-state index is 11.9. The lowest BCUT2D eigenvalue weighted by atomic mass is 9.96. The lowest BCUT2D eigenvalue weighted by Gasteiger charge is -2.08. The molecule has 0 spiro atoms. The van der Waals surface area contributed by atoms with Gasteiger partial charge in [-0.1, -0.05) is 48.5 Å². The monoisotopic (exact) mass is 287 g/mol. The number of aliphatic imine (C=N–C) groups is 1. The summed E-state index contributed by atoms with van der Waals surface area (Å²) in [6.45, 7) is 1.68.